The van der Waals surface area contributed by atoms with Gasteiger partial charge in [-0.25, -0.2) is 4.79 Å². The molecule has 0 unspecified atom stereocenters. The van der Waals surface area contributed by atoms with Crippen LogP contribution < -0.4 is 59.3 Å². The summed E-state index contributed by atoms with van der Waals surface area (Å²) in [5.41, 5.74) is 12.3. The first-order valence-electron chi connectivity index (χ1n) is 24.8. The van der Waals surface area contributed by atoms with Crippen molar-refractivity contribution in [1.82, 2.24) is 42.5 Å². The van der Waals surface area contributed by atoms with E-state index >= 15 is 0 Å². The van der Waals surface area contributed by atoms with E-state index in [1.807, 2.05) is 0 Å². The Bertz CT molecular complexity index is 2900. The number of benzene rings is 3. The molecule has 0 radical (unpaired) electrons. The van der Waals surface area contributed by atoms with E-state index in [1.165, 1.54) is 38.1 Å². The highest BCUT2D eigenvalue weighted by Gasteiger charge is 2.36. The summed E-state index contributed by atoms with van der Waals surface area (Å²) in [7, 11) is 0. The van der Waals surface area contributed by atoms with E-state index in [-0.39, 0.29) is 23.2 Å². The van der Waals surface area contributed by atoms with E-state index in [0.717, 1.165) is 13.8 Å². The second-order valence-corrected chi connectivity index (χ2v) is 18.7. The first kappa shape index (κ1) is 63.1. The van der Waals surface area contributed by atoms with Crippen molar-refractivity contribution in [2.24, 2.45) is 11.5 Å². The van der Waals surface area contributed by atoms with Gasteiger partial charge < -0.3 is 74.6 Å². The van der Waals surface area contributed by atoms with Crippen molar-refractivity contribution in [1.29, 1.82) is 0 Å². The highest BCUT2D eigenvalue weighted by molar-refractivity contribution is 6.53. The molecule has 1 aliphatic rings. The highest BCUT2D eigenvalue weighted by atomic mass is 16.4. The van der Waals surface area contributed by atoms with Crippen LogP contribution in [0.25, 0.3) is 11.1 Å². The van der Waals surface area contributed by atoms with Gasteiger partial charge in [0.2, 0.25) is 76.5 Å². The number of rotatable bonds is 29. The number of aliphatic hydroxyl groups excluding tert-OH is 2. The SMILES string of the molecule is CC(=O)N[C@@H](Cc1ccccc1)C(=O)N[C@H](C(=O)N[C@@H](C)C(=O)N[C@H](C(=O)N[C@@H](CCC(N)=O)C(=O)NCC(=O)N[C@@H](CCC(N)=O)C(=O)N[C@@H](CC(=O)Nc1ccc2c(c1)C(=O)C(=O)c1ccccc1-2)C(=O)O)[C@@H](C)O)[C@@H](C)O. The first-order chi connectivity index (χ1) is 37.7. The molecule has 28 nitrogen and oxygen atoms in total. The second-order valence-electron chi connectivity index (χ2n) is 18.7. The number of primary amides is 2. The summed E-state index contributed by atoms with van der Waals surface area (Å²) in [6.45, 7) is 3.64. The Kier molecular flexibility index (Phi) is 23.1. The van der Waals surface area contributed by atoms with Crippen LogP contribution in [0.2, 0.25) is 0 Å². The van der Waals surface area contributed by atoms with E-state index in [2.05, 4.69) is 47.9 Å². The standard InChI is InChI=1S/C52H63N11O17/c1-24(56-50(77)42(25(2)64)63-49(76)36(57-27(4)66)20-28-10-6-5-7-11-28)46(73)62-43(26(3)65)51(78)60-34(16-18-38(53)67)47(74)55-23-41(70)59-35(17-19-39(54)68)48(75)61-37(52(79)80)22-40(69)58-29-14-15-31-30-12-8-9-13-32(30)44(71)45(72)33(31)21-29/h5-15,21,24-26,34-37,42-43,64-65H,16-20,22-23H2,1-4H3,(H2,53,67)(H2,54,68)(H,55,74)(H,56,77)(H,57,66)(H,58,69)(H,59,70)(H,60,78)(H,61,75)(H,62,73)(H,63,76)(H,79,80)/t24-,25+,26+,34-,35-,36-,37-,42-,43-/m0/s1. The molecule has 0 heterocycles. The molecule has 3 aromatic rings. The maximum Gasteiger partial charge on any atom is 0.326 e. The smallest absolute Gasteiger partial charge is 0.326 e. The van der Waals surface area contributed by atoms with E-state index in [1.54, 1.807) is 48.5 Å². The predicted octanol–water partition coefficient (Wildman–Crippen LogP) is -3.77. The summed E-state index contributed by atoms with van der Waals surface area (Å²) >= 11 is 0. The van der Waals surface area contributed by atoms with Crippen LogP contribution in [0.5, 0.6) is 0 Å². The zero-order chi connectivity index (χ0) is 59.5. The topological polar surface area (TPSA) is 460 Å². The largest absolute Gasteiger partial charge is 0.480 e. The van der Waals surface area contributed by atoms with Crippen molar-refractivity contribution in [3.63, 3.8) is 0 Å². The van der Waals surface area contributed by atoms with Crippen molar-refractivity contribution in [2.45, 2.75) is 121 Å². The molecule has 0 spiro atoms. The highest BCUT2D eigenvalue weighted by Crippen LogP contribution is 2.35. The monoisotopic (exact) mass is 1110 g/mol. The number of anilines is 1. The molecule has 16 N–H and O–H groups in total. The third kappa shape index (κ3) is 18.6. The molecule has 1 aliphatic carbocycles. The van der Waals surface area contributed by atoms with Gasteiger partial charge in [0.25, 0.3) is 0 Å². The van der Waals surface area contributed by atoms with Gasteiger partial charge in [-0.15, -0.1) is 0 Å². The Labute approximate surface area is 456 Å². The minimum absolute atomic E-state index is 0.0152. The zero-order valence-electron chi connectivity index (χ0n) is 43.8. The van der Waals surface area contributed by atoms with Gasteiger partial charge in [0.05, 0.1) is 25.2 Å². The van der Waals surface area contributed by atoms with Gasteiger partial charge in [-0.2, -0.15) is 0 Å². The minimum atomic E-state index is -1.95. The summed E-state index contributed by atoms with van der Waals surface area (Å²) < 4.78 is 0. The van der Waals surface area contributed by atoms with Gasteiger partial charge >= 0.3 is 5.97 Å². The van der Waals surface area contributed by atoms with Crippen LogP contribution in [0.4, 0.5) is 5.69 Å². The molecule has 0 aliphatic heterocycles. The third-order valence-corrected chi connectivity index (χ3v) is 12.1. The number of ketones is 2. The van der Waals surface area contributed by atoms with Crippen LogP contribution in [0.15, 0.2) is 72.8 Å². The molecule has 80 heavy (non-hydrogen) atoms. The molecule has 4 rings (SSSR count). The van der Waals surface area contributed by atoms with Crippen molar-refractivity contribution >= 4 is 88.2 Å². The molecule has 28 heteroatoms. The maximum absolute atomic E-state index is 13.6. The number of fused-ring (bicyclic) bond motifs is 3. The van der Waals surface area contributed by atoms with Crippen molar-refractivity contribution in [3.05, 3.63) is 89.5 Å². The number of aliphatic carboxylic acids is 1. The second kappa shape index (κ2) is 29.3. The Morgan fingerprint density at radius 2 is 1.01 bits per heavy atom. The Morgan fingerprint density at radius 3 is 1.57 bits per heavy atom. The van der Waals surface area contributed by atoms with Gasteiger partial charge in [-0.3, -0.25) is 62.3 Å². The molecule has 428 valence electrons. The number of aliphatic hydroxyl groups is 2. The zero-order valence-corrected chi connectivity index (χ0v) is 43.8. The minimum Gasteiger partial charge on any atom is -0.480 e. The number of hydrogen-bond acceptors (Lipinski definition) is 16. The number of carbonyl (C=O) groups is 14. The summed E-state index contributed by atoms with van der Waals surface area (Å²) in [6.07, 6.45) is -6.20. The van der Waals surface area contributed by atoms with E-state index in [0.29, 0.717) is 16.7 Å². The molecule has 9 atom stereocenters. The number of Topliss-reactive ketones (excluding diaryl/α,β-unsaturated/α-hetero) is 2. The summed E-state index contributed by atoms with van der Waals surface area (Å²) in [4.78, 5) is 180. The van der Waals surface area contributed by atoms with E-state index < -0.39 is 176 Å². The number of nitrogens with one attached hydrogen (secondary N) is 9. The molecular weight excluding hydrogens is 1050 g/mol. The van der Waals surface area contributed by atoms with Gasteiger partial charge in [-0.1, -0.05) is 60.7 Å². The molecular formula is C52H63N11O17. The lowest BCUT2D eigenvalue weighted by Crippen LogP contribution is -2.62. The lowest BCUT2D eigenvalue weighted by atomic mass is 9.84. The van der Waals surface area contributed by atoms with E-state index in [9.17, 15) is 82.4 Å². The number of hydrogen-bond donors (Lipinski definition) is 14. The number of carboxylic acids is 1. The van der Waals surface area contributed by atoms with Crippen molar-refractivity contribution < 1.29 is 82.4 Å². The van der Waals surface area contributed by atoms with Crippen LogP contribution in [0.1, 0.15) is 86.1 Å². The summed E-state index contributed by atoms with van der Waals surface area (Å²) in [5.74, 6) is -14.4. The molecule has 0 aromatic heterocycles. The van der Waals surface area contributed by atoms with Crippen LogP contribution in [0.3, 0.4) is 0 Å². The lowest BCUT2D eigenvalue weighted by Gasteiger charge is -2.27. The van der Waals surface area contributed by atoms with Crippen molar-refractivity contribution in [3.8, 4) is 11.1 Å². The Hall–Kier alpha value is -9.44. The molecule has 0 fully saturated rings. The fraction of sp³-hybridized carbons (Fsp3) is 0.385. The summed E-state index contributed by atoms with van der Waals surface area (Å²) in [5, 5.41) is 51.4. The van der Waals surface area contributed by atoms with Crippen LogP contribution in [-0.4, -0.2) is 159 Å². The Balaban J connectivity index is 1.37. The number of amides is 11. The first-order valence-corrected chi connectivity index (χ1v) is 24.8. The maximum atomic E-state index is 13.6. The van der Waals surface area contributed by atoms with Crippen LogP contribution >= 0.6 is 0 Å². The van der Waals surface area contributed by atoms with Crippen LogP contribution in [0, 0.1) is 0 Å². The van der Waals surface area contributed by atoms with Crippen LogP contribution in [-0.2, 0) is 64.0 Å². The van der Waals surface area contributed by atoms with Crippen molar-refractivity contribution in [2.75, 3.05) is 11.9 Å². The van der Waals surface area contributed by atoms with Gasteiger partial charge in [0.15, 0.2) is 0 Å². The molecule has 3 aromatic carbocycles. The molecule has 11 amide bonds. The number of carboxylic acid groups (broad SMARTS) is 1. The quantitative estimate of drug-likeness (QED) is 0.0297. The Morgan fingerprint density at radius 1 is 0.512 bits per heavy atom. The van der Waals surface area contributed by atoms with Gasteiger partial charge in [0.1, 0.15) is 42.3 Å². The predicted molar refractivity (Wildman–Crippen MR) is 280 cm³/mol. The third-order valence-electron chi connectivity index (χ3n) is 12.1. The normalized spacial score (nSPS) is 14.8. The lowest BCUT2D eigenvalue weighted by molar-refractivity contribution is -0.143. The van der Waals surface area contributed by atoms with Gasteiger partial charge in [-0.05, 0) is 62.4 Å². The average Bonchev–Trinajstić information content (AvgIpc) is 3.47. The average molecular weight is 1110 g/mol. The molecule has 0 bridgehead atoms. The fourth-order valence-corrected chi connectivity index (χ4v) is 8.00. The number of nitrogens with two attached hydrogens (primary N) is 2. The fourth-order valence-electron chi connectivity index (χ4n) is 8.00. The molecule has 0 saturated heterocycles. The van der Waals surface area contributed by atoms with Gasteiger partial charge in [0, 0.05) is 43.0 Å². The summed E-state index contributed by atoms with van der Waals surface area (Å²) in [6, 6.07) is 7.55. The van der Waals surface area contributed by atoms with E-state index in [4.69, 9.17) is 11.5 Å². The number of carbonyl (C=O) groups excluding carboxylic acids is 13. The molecule has 0 saturated carbocycles.